The summed E-state index contributed by atoms with van der Waals surface area (Å²) in [7, 11) is 0. The summed E-state index contributed by atoms with van der Waals surface area (Å²) in [6.07, 6.45) is -0.968. The average molecular weight is 273 g/mol. The van der Waals surface area contributed by atoms with Gasteiger partial charge in [0, 0.05) is 0 Å². The highest BCUT2D eigenvalue weighted by molar-refractivity contribution is 5.95. The molecule has 2 aromatic rings. The second kappa shape index (κ2) is 5.24. The van der Waals surface area contributed by atoms with Crippen molar-refractivity contribution in [2.45, 2.75) is 26.9 Å². The Bertz CT molecular complexity index is 697. The van der Waals surface area contributed by atoms with Gasteiger partial charge >= 0.3 is 5.97 Å². The standard InChI is InChI=1S/C14H15N3O3/c1-7-8(2)17-12-6-10(4-5-11(12)16-7)14(19)20-9(3)13(15)18/h4-6,9H,1-3H3,(H2,15,18)/t9-/m0/s1. The predicted octanol–water partition coefficient (Wildman–Crippen LogP) is 1.28. The van der Waals surface area contributed by atoms with Gasteiger partial charge in [0.2, 0.25) is 0 Å². The number of hydrogen-bond acceptors (Lipinski definition) is 5. The van der Waals surface area contributed by atoms with Gasteiger partial charge in [-0.05, 0) is 39.0 Å². The molecule has 6 heteroatoms. The largest absolute Gasteiger partial charge is 0.449 e. The molecule has 1 amide bonds. The molecular formula is C14H15N3O3. The second-order valence-corrected chi connectivity index (χ2v) is 4.55. The zero-order chi connectivity index (χ0) is 14.9. The van der Waals surface area contributed by atoms with Crippen molar-refractivity contribution in [3.63, 3.8) is 0 Å². The number of ether oxygens (including phenoxy) is 1. The van der Waals surface area contributed by atoms with Crippen LogP contribution in [0, 0.1) is 13.8 Å². The van der Waals surface area contributed by atoms with E-state index >= 15 is 0 Å². The van der Waals surface area contributed by atoms with Crippen LogP contribution < -0.4 is 5.73 Å². The van der Waals surface area contributed by atoms with Gasteiger partial charge in [0.1, 0.15) is 0 Å². The average Bonchev–Trinajstić information content (AvgIpc) is 2.39. The van der Waals surface area contributed by atoms with Crippen molar-refractivity contribution in [1.29, 1.82) is 0 Å². The Labute approximate surface area is 116 Å². The summed E-state index contributed by atoms with van der Waals surface area (Å²) in [6, 6.07) is 4.87. The monoisotopic (exact) mass is 273 g/mol. The van der Waals surface area contributed by atoms with E-state index in [2.05, 4.69) is 9.97 Å². The molecule has 2 N–H and O–H groups in total. The lowest BCUT2D eigenvalue weighted by Gasteiger charge is -2.10. The van der Waals surface area contributed by atoms with E-state index in [-0.39, 0.29) is 0 Å². The quantitative estimate of drug-likeness (QED) is 0.850. The van der Waals surface area contributed by atoms with Gasteiger partial charge < -0.3 is 10.5 Å². The first-order chi connectivity index (χ1) is 9.38. The molecule has 6 nitrogen and oxygen atoms in total. The molecule has 0 fully saturated rings. The van der Waals surface area contributed by atoms with Crippen LogP contribution in [-0.2, 0) is 9.53 Å². The fourth-order valence-electron chi connectivity index (χ4n) is 1.64. The molecule has 104 valence electrons. The van der Waals surface area contributed by atoms with E-state index in [4.69, 9.17) is 10.5 Å². The minimum absolute atomic E-state index is 0.308. The Hall–Kier alpha value is -2.50. The van der Waals surface area contributed by atoms with Gasteiger partial charge in [-0.25, -0.2) is 14.8 Å². The molecule has 20 heavy (non-hydrogen) atoms. The molecule has 0 aliphatic rings. The molecule has 1 aromatic carbocycles. The van der Waals surface area contributed by atoms with Crippen LogP contribution in [-0.4, -0.2) is 27.9 Å². The molecular weight excluding hydrogens is 258 g/mol. The van der Waals surface area contributed by atoms with Gasteiger partial charge in [0.25, 0.3) is 5.91 Å². The Kier molecular flexibility index (Phi) is 3.65. The molecule has 0 spiro atoms. The van der Waals surface area contributed by atoms with E-state index in [1.807, 2.05) is 13.8 Å². The van der Waals surface area contributed by atoms with Crippen molar-refractivity contribution >= 4 is 22.9 Å². The summed E-state index contributed by atoms with van der Waals surface area (Å²) < 4.78 is 4.94. The highest BCUT2D eigenvalue weighted by Crippen LogP contribution is 2.15. The summed E-state index contributed by atoms with van der Waals surface area (Å²) >= 11 is 0. The van der Waals surface area contributed by atoms with Crippen LogP contribution in [0.2, 0.25) is 0 Å². The lowest BCUT2D eigenvalue weighted by atomic mass is 10.2. The normalized spacial score (nSPS) is 12.2. The van der Waals surface area contributed by atoms with Gasteiger partial charge in [-0.15, -0.1) is 0 Å². The number of aromatic nitrogens is 2. The van der Waals surface area contributed by atoms with Crippen molar-refractivity contribution in [3.05, 3.63) is 35.2 Å². The van der Waals surface area contributed by atoms with Crippen molar-refractivity contribution in [2.24, 2.45) is 5.73 Å². The van der Waals surface area contributed by atoms with Crippen LogP contribution in [0.3, 0.4) is 0 Å². The number of nitrogens with two attached hydrogens (primary N) is 1. The topological polar surface area (TPSA) is 95.2 Å². The van der Waals surface area contributed by atoms with E-state index in [9.17, 15) is 9.59 Å². The second-order valence-electron chi connectivity index (χ2n) is 4.55. The van der Waals surface area contributed by atoms with Crippen LogP contribution >= 0.6 is 0 Å². The van der Waals surface area contributed by atoms with E-state index in [1.54, 1.807) is 18.2 Å². The number of carbonyl (C=O) groups excluding carboxylic acids is 2. The van der Waals surface area contributed by atoms with E-state index in [0.29, 0.717) is 16.6 Å². The number of nitrogens with zero attached hydrogens (tertiary/aromatic N) is 2. The third-order valence-electron chi connectivity index (χ3n) is 3.00. The maximum absolute atomic E-state index is 11.9. The van der Waals surface area contributed by atoms with Crippen LogP contribution in [0.4, 0.5) is 0 Å². The SMILES string of the molecule is Cc1nc2ccc(C(=O)O[C@@H](C)C(N)=O)cc2nc1C. The smallest absolute Gasteiger partial charge is 0.338 e. The van der Waals surface area contributed by atoms with Crippen LogP contribution in [0.15, 0.2) is 18.2 Å². The predicted molar refractivity (Wildman–Crippen MR) is 73.1 cm³/mol. The third kappa shape index (κ3) is 2.74. The Morgan fingerprint density at radius 2 is 1.75 bits per heavy atom. The fraction of sp³-hybridized carbons (Fsp3) is 0.286. The maximum Gasteiger partial charge on any atom is 0.338 e. The molecule has 1 aromatic heterocycles. The van der Waals surface area contributed by atoms with Crippen LogP contribution in [0.1, 0.15) is 28.7 Å². The number of fused-ring (bicyclic) bond motifs is 1. The van der Waals surface area contributed by atoms with E-state index in [1.165, 1.54) is 6.92 Å². The number of aryl methyl sites for hydroxylation is 2. The van der Waals surface area contributed by atoms with Crippen molar-refractivity contribution < 1.29 is 14.3 Å². The molecule has 0 radical (unpaired) electrons. The number of hydrogen-bond donors (Lipinski definition) is 1. The molecule has 1 heterocycles. The zero-order valence-electron chi connectivity index (χ0n) is 11.5. The van der Waals surface area contributed by atoms with Gasteiger partial charge in [0.05, 0.1) is 28.0 Å². The van der Waals surface area contributed by atoms with E-state index < -0.39 is 18.0 Å². The van der Waals surface area contributed by atoms with Crippen molar-refractivity contribution in [1.82, 2.24) is 9.97 Å². The molecule has 0 saturated heterocycles. The first-order valence-electron chi connectivity index (χ1n) is 6.14. The van der Waals surface area contributed by atoms with Gasteiger partial charge in [0.15, 0.2) is 6.10 Å². The highest BCUT2D eigenvalue weighted by Gasteiger charge is 2.16. The molecule has 0 saturated carbocycles. The minimum atomic E-state index is -0.968. The number of primary amides is 1. The summed E-state index contributed by atoms with van der Waals surface area (Å²) in [4.78, 5) is 31.5. The summed E-state index contributed by atoms with van der Waals surface area (Å²) in [5.41, 5.74) is 8.31. The number of esters is 1. The van der Waals surface area contributed by atoms with Crippen molar-refractivity contribution in [3.8, 4) is 0 Å². The first kappa shape index (κ1) is 13.9. The lowest BCUT2D eigenvalue weighted by molar-refractivity contribution is -0.125. The van der Waals surface area contributed by atoms with Gasteiger partial charge in [-0.3, -0.25) is 4.79 Å². The molecule has 0 aliphatic carbocycles. The molecule has 0 bridgehead atoms. The Morgan fingerprint density at radius 3 is 2.35 bits per heavy atom. The lowest BCUT2D eigenvalue weighted by Crippen LogP contribution is -2.30. The van der Waals surface area contributed by atoms with Crippen molar-refractivity contribution in [2.75, 3.05) is 0 Å². The van der Waals surface area contributed by atoms with E-state index in [0.717, 1.165) is 11.4 Å². The molecule has 0 unspecified atom stereocenters. The number of rotatable bonds is 3. The maximum atomic E-state index is 11.9. The summed E-state index contributed by atoms with van der Waals surface area (Å²) in [6.45, 7) is 5.15. The summed E-state index contributed by atoms with van der Waals surface area (Å²) in [5.74, 6) is -1.30. The fourth-order valence-corrected chi connectivity index (χ4v) is 1.64. The number of amides is 1. The highest BCUT2D eigenvalue weighted by atomic mass is 16.5. The molecule has 0 aliphatic heterocycles. The first-order valence-corrected chi connectivity index (χ1v) is 6.14. The number of benzene rings is 1. The Morgan fingerprint density at radius 1 is 1.15 bits per heavy atom. The van der Waals surface area contributed by atoms with Gasteiger partial charge in [-0.1, -0.05) is 0 Å². The third-order valence-corrected chi connectivity index (χ3v) is 3.00. The molecule has 2 rings (SSSR count). The van der Waals surface area contributed by atoms with Gasteiger partial charge in [-0.2, -0.15) is 0 Å². The Balaban J connectivity index is 2.34. The molecule has 1 atom stereocenters. The van der Waals surface area contributed by atoms with Crippen LogP contribution in [0.5, 0.6) is 0 Å². The minimum Gasteiger partial charge on any atom is -0.449 e. The zero-order valence-corrected chi connectivity index (χ0v) is 11.5. The van der Waals surface area contributed by atoms with Crippen LogP contribution in [0.25, 0.3) is 11.0 Å². The summed E-state index contributed by atoms with van der Waals surface area (Å²) in [5, 5.41) is 0. The number of carbonyl (C=O) groups is 2.